The van der Waals surface area contributed by atoms with E-state index in [1.165, 1.54) is 11.4 Å². The average Bonchev–Trinajstić information content (AvgIpc) is 3.59. The van der Waals surface area contributed by atoms with Gasteiger partial charge >= 0.3 is 5.97 Å². The van der Waals surface area contributed by atoms with Crippen LogP contribution in [0.3, 0.4) is 0 Å². The summed E-state index contributed by atoms with van der Waals surface area (Å²) < 4.78 is 39.2. The van der Waals surface area contributed by atoms with Crippen molar-refractivity contribution in [1.82, 2.24) is 4.31 Å². The SMILES string of the molecule is COC(=O)/C(=C/c1ccccc1OC)[C@@H]1[C@H](c2ccc(C)cc2)N1S(=O)(=O)c1ccc(C)cc1. The van der Waals surface area contributed by atoms with Gasteiger partial charge in [-0.3, -0.25) is 0 Å². The highest BCUT2D eigenvalue weighted by atomic mass is 32.2. The number of hydrogen-bond acceptors (Lipinski definition) is 5. The molecule has 176 valence electrons. The summed E-state index contributed by atoms with van der Waals surface area (Å²) in [7, 11) is -1.04. The van der Waals surface area contributed by atoms with Gasteiger partial charge in [-0.25, -0.2) is 13.2 Å². The molecule has 1 heterocycles. The number of carbonyl (C=O) groups is 1. The van der Waals surface area contributed by atoms with E-state index in [0.29, 0.717) is 11.3 Å². The molecule has 0 spiro atoms. The van der Waals surface area contributed by atoms with Crippen molar-refractivity contribution in [1.29, 1.82) is 0 Å². The highest BCUT2D eigenvalue weighted by Crippen LogP contribution is 2.51. The third-order valence-corrected chi connectivity index (χ3v) is 7.84. The highest BCUT2D eigenvalue weighted by Gasteiger charge is 2.59. The molecule has 1 unspecified atom stereocenters. The molecule has 1 aliphatic heterocycles. The number of para-hydroxylation sites is 1. The van der Waals surface area contributed by atoms with Crippen molar-refractivity contribution in [3.8, 4) is 5.75 Å². The molecule has 0 N–H and O–H groups in total. The van der Waals surface area contributed by atoms with E-state index in [-0.39, 0.29) is 10.5 Å². The molecule has 1 aliphatic rings. The summed E-state index contributed by atoms with van der Waals surface area (Å²) in [5, 5.41) is 0. The maximum Gasteiger partial charge on any atom is 0.335 e. The quantitative estimate of drug-likeness (QED) is 0.281. The number of hydrogen-bond donors (Lipinski definition) is 0. The second-order valence-corrected chi connectivity index (χ2v) is 10.1. The Kier molecular flexibility index (Phi) is 6.59. The van der Waals surface area contributed by atoms with Crippen molar-refractivity contribution in [2.24, 2.45) is 0 Å². The molecule has 34 heavy (non-hydrogen) atoms. The van der Waals surface area contributed by atoms with Crippen LogP contribution in [0.2, 0.25) is 0 Å². The van der Waals surface area contributed by atoms with Crippen molar-refractivity contribution >= 4 is 22.1 Å². The second-order valence-electron chi connectivity index (χ2n) is 8.28. The van der Waals surface area contributed by atoms with E-state index in [2.05, 4.69) is 0 Å². The summed E-state index contributed by atoms with van der Waals surface area (Å²) in [5.74, 6) is -0.0148. The predicted molar refractivity (Wildman–Crippen MR) is 131 cm³/mol. The third kappa shape index (κ3) is 4.49. The standard InChI is InChI=1S/C27H27NO5S/c1-18-9-13-20(14-10-18)25-26(28(25)34(30,31)22-15-11-19(2)12-16-22)23(27(29)33-4)17-21-7-5-6-8-24(21)32-3/h5-17,25-26H,1-4H3/b23-17+/t25-,26+,28?/m0/s1. The predicted octanol–water partition coefficient (Wildman–Crippen LogP) is 4.68. The second kappa shape index (κ2) is 9.44. The third-order valence-electron chi connectivity index (χ3n) is 5.96. The van der Waals surface area contributed by atoms with E-state index in [4.69, 9.17) is 9.47 Å². The number of carbonyl (C=O) groups excluding carboxylic acids is 1. The number of aryl methyl sites for hydroxylation is 2. The van der Waals surface area contributed by atoms with Crippen molar-refractivity contribution in [3.05, 3.63) is 101 Å². The van der Waals surface area contributed by atoms with Crippen LogP contribution in [0.4, 0.5) is 0 Å². The van der Waals surface area contributed by atoms with E-state index in [0.717, 1.165) is 16.7 Å². The van der Waals surface area contributed by atoms with E-state index < -0.39 is 28.1 Å². The number of benzene rings is 3. The van der Waals surface area contributed by atoms with Gasteiger partial charge < -0.3 is 9.47 Å². The van der Waals surface area contributed by atoms with Crippen LogP contribution in [0, 0.1) is 13.8 Å². The maximum absolute atomic E-state index is 13.7. The zero-order valence-corrected chi connectivity index (χ0v) is 20.4. The Balaban J connectivity index is 1.85. The number of methoxy groups -OCH3 is 2. The van der Waals surface area contributed by atoms with Gasteiger partial charge in [0.15, 0.2) is 0 Å². The molecule has 4 rings (SSSR count). The summed E-state index contributed by atoms with van der Waals surface area (Å²) in [6, 6.07) is 20.4. The van der Waals surface area contributed by atoms with E-state index in [1.807, 2.05) is 56.3 Å². The van der Waals surface area contributed by atoms with Gasteiger partial charge in [0.1, 0.15) is 5.75 Å². The first-order valence-corrected chi connectivity index (χ1v) is 12.3. The normalized spacial score (nSPS) is 20.0. The lowest BCUT2D eigenvalue weighted by Crippen LogP contribution is -2.19. The van der Waals surface area contributed by atoms with Crippen molar-refractivity contribution in [2.75, 3.05) is 14.2 Å². The van der Waals surface area contributed by atoms with Crippen molar-refractivity contribution in [2.45, 2.75) is 30.8 Å². The fraction of sp³-hybridized carbons (Fsp3) is 0.222. The minimum atomic E-state index is -3.88. The molecule has 0 aromatic heterocycles. The zero-order chi connectivity index (χ0) is 24.5. The molecule has 0 bridgehead atoms. The Morgan fingerprint density at radius 3 is 2.06 bits per heavy atom. The van der Waals surface area contributed by atoms with Crippen LogP contribution in [-0.2, 0) is 19.6 Å². The minimum absolute atomic E-state index is 0.180. The van der Waals surface area contributed by atoms with Gasteiger partial charge in [0.2, 0.25) is 10.0 Å². The van der Waals surface area contributed by atoms with Gasteiger partial charge in [0.05, 0.1) is 36.8 Å². The number of rotatable bonds is 7. The molecule has 1 fully saturated rings. The lowest BCUT2D eigenvalue weighted by Gasteiger charge is -2.10. The summed E-state index contributed by atoms with van der Waals surface area (Å²) in [6.45, 7) is 3.87. The number of nitrogens with zero attached hydrogens (tertiary/aromatic N) is 1. The average molecular weight is 478 g/mol. The van der Waals surface area contributed by atoms with E-state index >= 15 is 0 Å². The van der Waals surface area contributed by atoms with Gasteiger partial charge in [-0.1, -0.05) is 65.7 Å². The van der Waals surface area contributed by atoms with Gasteiger partial charge in [0, 0.05) is 5.56 Å². The van der Waals surface area contributed by atoms with Crippen molar-refractivity contribution < 1.29 is 22.7 Å². The van der Waals surface area contributed by atoms with E-state index in [1.54, 1.807) is 43.5 Å². The molecule has 3 atom stereocenters. The fourth-order valence-corrected chi connectivity index (χ4v) is 5.81. The largest absolute Gasteiger partial charge is 0.496 e. The topological polar surface area (TPSA) is 72.7 Å². The molecule has 0 saturated carbocycles. The van der Waals surface area contributed by atoms with Crippen LogP contribution < -0.4 is 4.74 Å². The Labute approximate surface area is 200 Å². The molecule has 0 aliphatic carbocycles. The molecule has 3 aromatic rings. The van der Waals surface area contributed by atoms with Gasteiger partial charge in [-0.2, -0.15) is 4.31 Å². The Bertz CT molecular complexity index is 1330. The number of ether oxygens (including phenoxy) is 2. The monoisotopic (exact) mass is 477 g/mol. The summed E-state index contributed by atoms with van der Waals surface area (Å²) in [5.41, 5.74) is 3.73. The van der Waals surface area contributed by atoms with Crippen LogP contribution in [-0.4, -0.2) is 39.0 Å². The van der Waals surface area contributed by atoms with Crippen LogP contribution in [0.1, 0.15) is 28.3 Å². The first-order chi connectivity index (χ1) is 16.3. The highest BCUT2D eigenvalue weighted by molar-refractivity contribution is 7.89. The van der Waals surface area contributed by atoms with Crippen LogP contribution in [0.15, 0.2) is 83.3 Å². The summed E-state index contributed by atoms with van der Waals surface area (Å²) >= 11 is 0. The summed E-state index contributed by atoms with van der Waals surface area (Å²) in [6.07, 6.45) is 1.65. The lowest BCUT2D eigenvalue weighted by atomic mass is 10.0. The molecular weight excluding hydrogens is 450 g/mol. The van der Waals surface area contributed by atoms with Crippen LogP contribution >= 0.6 is 0 Å². The van der Waals surface area contributed by atoms with Gasteiger partial charge in [-0.05, 0) is 43.7 Å². The van der Waals surface area contributed by atoms with E-state index in [9.17, 15) is 13.2 Å². The molecule has 3 aromatic carbocycles. The Morgan fingerprint density at radius 2 is 1.47 bits per heavy atom. The van der Waals surface area contributed by atoms with Crippen LogP contribution in [0.5, 0.6) is 5.75 Å². The molecule has 7 heteroatoms. The lowest BCUT2D eigenvalue weighted by molar-refractivity contribution is -0.136. The van der Waals surface area contributed by atoms with Crippen LogP contribution in [0.25, 0.3) is 6.08 Å². The number of esters is 1. The first kappa shape index (κ1) is 23.7. The molecule has 6 nitrogen and oxygen atoms in total. The first-order valence-electron chi connectivity index (χ1n) is 10.9. The maximum atomic E-state index is 13.7. The summed E-state index contributed by atoms with van der Waals surface area (Å²) in [4.78, 5) is 13.1. The van der Waals surface area contributed by atoms with Gasteiger partial charge in [0.25, 0.3) is 0 Å². The Morgan fingerprint density at radius 1 is 0.882 bits per heavy atom. The van der Waals surface area contributed by atoms with Crippen molar-refractivity contribution in [3.63, 3.8) is 0 Å². The Hall–Kier alpha value is -3.42. The minimum Gasteiger partial charge on any atom is -0.496 e. The number of sulfonamides is 1. The zero-order valence-electron chi connectivity index (χ0n) is 19.6. The molecule has 0 radical (unpaired) electrons. The molecular formula is C27H27NO5S. The molecule has 1 saturated heterocycles. The smallest absolute Gasteiger partial charge is 0.335 e. The molecule has 0 amide bonds. The van der Waals surface area contributed by atoms with Gasteiger partial charge in [-0.15, -0.1) is 0 Å². The fourth-order valence-electron chi connectivity index (χ4n) is 4.08.